The second kappa shape index (κ2) is 5.52. The molecule has 1 saturated carbocycles. The third kappa shape index (κ3) is 3.09. The quantitative estimate of drug-likeness (QED) is 0.896. The van der Waals surface area contributed by atoms with Gasteiger partial charge in [0.2, 0.25) is 10.0 Å². The van der Waals surface area contributed by atoms with Gasteiger partial charge in [0.15, 0.2) is 0 Å². The Balaban J connectivity index is 2.47. The fourth-order valence-corrected chi connectivity index (χ4v) is 3.96. The van der Waals surface area contributed by atoms with E-state index in [1.54, 1.807) is 0 Å². The van der Waals surface area contributed by atoms with Gasteiger partial charge in [-0.15, -0.1) is 0 Å². The normalized spacial score (nSPS) is 15.6. The van der Waals surface area contributed by atoms with Crippen LogP contribution in [0.4, 0.5) is 0 Å². The van der Waals surface area contributed by atoms with Crippen LogP contribution in [0.25, 0.3) is 0 Å². The van der Waals surface area contributed by atoms with Gasteiger partial charge in [0.25, 0.3) is 0 Å². The second-order valence-corrected chi connectivity index (χ2v) is 7.63. The van der Waals surface area contributed by atoms with Gasteiger partial charge in [0.1, 0.15) is 4.90 Å². The fourth-order valence-electron chi connectivity index (χ4n) is 1.84. The van der Waals surface area contributed by atoms with Crippen LogP contribution in [0, 0.1) is 5.92 Å². The highest BCUT2D eigenvalue weighted by molar-refractivity contribution is 7.89. The highest BCUT2D eigenvalue weighted by Gasteiger charge is 2.31. The molecule has 0 spiro atoms. The van der Waals surface area contributed by atoms with E-state index >= 15 is 0 Å². The van der Waals surface area contributed by atoms with E-state index in [0.29, 0.717) is 12.5 Å². The van der Waals surface area contributed by atoms with E-state index < -0.39 is 16.0 Å². The molecule has 1 aromatic rings. The van der Waals surface area contributed by atoms with Crippen molar-refractivity contribution in [1.29, 1.82) is 0 Å². The van der Waals surface area contributed by atoms with E-state index in [1.165, 1.54) is 17.4 Å². The molecule has 1 fully saturated rings. The van der Waals surface area contributed by atoms with Crippen LogP contribution in [0.15, 0.2) is 17.0 Å². The van der Waals surface area contributed by atoms with E-state index in [2.05, 4.69) is 0 Å². The first-order valence-corrected chi connectivity index (χ1v) is 8.11. The minimum absolute atomic E-state index is 0.0187. The Bertz CT molecular complexity index is 656. The van der Waals surface area contributed by atoms with Gasteiger partial charge in [-0.3, -0.25) is 0 Å². The monoisotopic (exact) mass is 337 g/mol. The minimum Gasteiger partial charge on any atom is -0.478 e. The molecule has 0 aliphatic heterocycles. The van der Waals surface area contributed by atoms with E-state index in [-0.39, 0.29) is 20.5 Å². The van der Waals surface area contributed by atoms with Gasteiger partial charge >= 0.3 is 5.97 Å². The van der Waals surface area contributed by atoms with Crippen molar-refractivity contribution in [3.05, 3.63) is 27.7 Å². The Kier molecular flexibility index (Phi) is 4.30. The van der Waals surface area contributed by atoms with Crippen molar-refractivity contribution in [2.75, 3.05) is 13.6 Å². The van der Waals surface area contributed by atoms with E-state index in [9.17, 15) is 13.2 Å². The fraction of sp³-hybridized carbons (Fsp3) is 0.417. The summed E-state index contributed by atoms with van der Waals surface area (Å²) >= 11 is 11.7. The molecule has 1 N–H and O–H groups in total. The zero-order chi connectivity index (χ0) is 15.1. The predicted octanol–water partition coefficient (Wildman–Crippen LogP) is 2.72. The highest BCUT2D eigenvalue weighted by Crippen LogP contribution is 2.34. The standard InChI is InChI=1S/C12H13Cl2NO4S/c1-15(6-7-2-3-7)20(18,19)10-5-8(13)4-9(11(10)14)12(16)17/h4-5,7H,2-3,6H2,1H3,(H,16,17). The van der Waals surface area contributed by atoms with E-state index in [4.69, 9.17) is 28.3 Å². The molecule has 110 valence electrons. The van der Waals surface area contributed by atoms with Gasteiger partial charge in [-0.25, -0.2) is 17.5 Å². The lowest BCUT2D eigenvalue weighted by Gasteiger charge is -2.18. The number of sulfonamides is 1. The number of hydrogen-bond acceptors (Lipinski definition) is 3. The van der Waals surface area contributed by atoms with Gasteiger partial charge in [-0.1, -0.05) is 23.2 Å². The van der Waals surface area contributed by atoms with Gasteiger partial charge in [-0.2, -0.15) is 0 Å². The first-order valence-electron chi connectivity index (χ1n) is 5.92. The average molecular weight is 338 g/mol. The molecule has 20 heavy (non-hydrogen) atoms. The zero-order valence-electron chi connectivity index (χ0n) is 10.6. The number of halogens is 2. The summed E-state index contributed by atoms with van der Waals surface area (Å²) in [7, 11) is -2.40. The molecule has 0 unspecified atom stereocenters. The van der Waals surface area contributed by atoms with Crippen molar-refractivity contribution in [1.82, 2.24) is 4.31 Å². The topological polar surface area (TPSA) is 74.7 Å². The number of nitrogens with zero attached hydrogens (tertiary/aromatic N) is 1. The molecule has 0 aromatic heterocycles. The second-order valence-electron chi connectivity index (χ2n) is 4.80. The summed E-state index contributed by atoms with van der Waals surface area (Å²) in [6.45, 7) is 0.396. The first kappa shape index (κ1) is 15.6. The molecular weight excluding hydrogens is 325 g/mol. The number of carboxylic acid groups (broad SMARTS) is 1. The number of carboxylic acids is 1. The Morgan fingerprint density at radius 3 is 2.50 bits per heavy atom. The molecular formula is C12H13Cl2NO4S. The van der Waals surface area contributed by atoms with Crippen molar-refractivity contribution < 1.29 is 18.3 Å². The van der Waals surface area contributed by atoms with Crippen molar-refractivity contribution >= 4 is 39.2 Å². The van der Waals surface area contributed by atoms with Gasteiger partial charge in [0, 0.05) is 18.6 Å². The molecule has 0 atom stereocenters. The van der Waals surface area contributed by atoms with Crippen LogP contribution in [0.2, 0.25) is 10.0 Å². The Hall–Kier alpha value is -0.820. The molecule has 1 aliphatic carbocycles. The summed E-state index contributed by atoms with van der Waals surface area (Å²) in [5.41, 5.74) is -0.322. The summed E-state index contributed by atoms with van der Waals surface area (Å²) < 4.78 is 26.1. The highest BCUT2D eigenvalue weighted by atomic mass is 35.5. The maximum absolute atomic E-state index is 12.4. The number of carbonyl (C=O) groups is 1. The molecule has 0 heterocycles. The number of hydrogen-bond donors (Lipinski definition) is 1. The van der Waals surface area contributed by atoms with Crippen LogP contribution in [-0.2, 0) is 10.0 Å². The third-order valence-corrected chi connectivity index (χ3v) is 5.72. The number of aromatic carboxylic acids is 1. The summed E-state index contributed by atoms with van der Waals surface area (Å²) in [4.78, 5) is 10.8. The van der Waals surface area contributed by atoms with Crippen molar-refractivity contribution in [3.63, 3.8) is 0 Å². The van der Waals surface area contributed by atoms with E-state index in [1.807, 2.05) is 0 Å². The Morgan fingerprint density at radius 1 is 1.40 bits per heavy atom. The van der Waals surface area contributed by atoms with Crippen LogP contribution < -0.4 is 0 Å². The molecule has 8 heteroatoms. The van der Waals surface area contributed by atoms with Crippen LogP contribution in [0.1, 0.15) is 23.2 Å². The summed E-state index contributed by atoms with van der Waals surface area (Å²) in [5, 5.41) is 8.73. The SMILES string of the molecule is CN(CC1CC1)S(=O)(=O)c1cc(Cl)cc(C(=O)O)c1Cl. The smallest absolute Gasteiger partial charge is 0.337 e. The molecule has 0 amide bonds. The first-order chi connectivity index (χ1) is 9.23. The lowest BCUT2D eigenvalue weighted by molar-refractivity contribution is 0.0697. The minimum atomic E-state index is -3.85. The Morgan fingerprint density at radius 2 is 2.00 bits per heavy atom. The summed E-state index contributed by atoms with van der Waals surface area (Å²) in [6.07, 6.45) is 2.01. The zero-order valence-corrected chi connectivity index (χ0v) is 13.0. The molecule has 1 aromatic carbocycles. The van der Waals surface area contributed by atoms with Gasteiger partial charge < -0.3 is 5.11 Å². The third-order valence-electron chi connectivity index (χ3n) is 3.13. The predicted molar refractivity (Wildman–Crippen MR) is 76.0 cm³/mol. The van der Waals surface area contributed by atoms with Gasteiger partial charge in [-0.05, 0) is 30.9 Å². The molecule has 5 nitrogen and oxygen atoms in total. The Labute approximate surface area is 127 Å². The molecule has 0 saturated heterocycles. The lowest BCUT2D eigenvalue weighted by atomic mass is 10.2. The average Bonchev–Trinajstić information content (AvgIpc) is 3.14. The van der Waals surface area contributed by atoms with Gasteiger partial charge in [0.05, 0.1) is 10.6 Å². The maximum Gasteiger partial charge on any atom is 0.337 e. The summed E-state index contributed by atoms with van der Waals surface area (Å²) in [6, 6.07) is 2.31. The van der Waals surface area contributed by atoms with Crippen LogP contribution in [0.5, 0.6) is 0 Å². The van der Waals surface area contributed by atoms with E-state index in [0.717, 1.165) is 18.9 Å². The van der Waals surface area contributed by atoms with Crippen LogP contribution >= 0.6 is 23.2 Å². The lowest BCUT2D eigenvalue weighted by Crippen LogP contribution is -2.29. The molecule has 0 radical (unpaired) electrons. The maximum atomic E-state index is 12.4. The molecule has 2 rings (SSSR count). The van der Waals surface area contributed by atoms with Crippen LogP contribution in [0.3, 0.4) is 0 Å². The molecule has 0 bridgehead atoms. The summed E-state index contributed by atoms with van der Waals surface area (Å²) in [5.74, 6) is -0.953. The number of rotatable bonds is 5. The van der Waals surface area contributed by atoms with Crippen LogP contribution in [-0.4, -0.2) is 37.4 Å². The van der Waals surface area contributed by atoms with Crippen molar-refractivity contribution in [2.45, 2.75) is 17.7 Å². The van der Waals surface area contributed by atoms with Crippen molar-refractivity contribution in [2.24, 2.45) is 5.92 Å². The molecule has 1 aliphatic rings. The number of benzene rings is 1. The largest absolute Gasteiger partial charge is 0.478 e. The van der Waals surface area contributed by atoms with Crippen molar-refractivity contribution in [3.8, 4) is 0 Å².